The van der Waals surface area contributed by atoms with Gasteiger partial charge < -0.3 is 33.0 Å². The van der Waals surface area contributed by atoms with Crippen molar-refractivity contribution in [2.24, 2.45) is 0 Å². The normalized spacial score (nSPS) is 15.2. The smallest absolute Gasteiger partial charge is 0.306 e. The Morgan fingerprint density at radius 3 is 1.71 bits per heavy atom. The summed E-state index contributed by atoms with van der Waals surface area (Å²) in [7, 11) is 0.997. The van der Waals surface area contributed by atoms with Gasteiger partial charge in [0.2, 0.25) is 0 Å². The number of unbranched alkanes of at least 4 members (excludes halogenated alkanes) is 5. The third kappa shape index (κ3) is 42.6. The lowest BCUT2D eigenvalue weighted by Gasteiger charge is -2.28. The number of allylic oxidation sites excluding steroid dienone is 17. The van der Waals surface area contributed by atoms with Crippen molar-refractivity contribution < 1.29 is 47.2 Å². The SMILES string of the molecule is CC/C=C\C/C=C\C/C=C\C/C=C\C/C=C\C=C/C(O)CCC(=O)OC[C@H](COP(=O)([O-])OCC[N+](C)(C)C)OC(=O)CCCC/C=C\C/C=C\C/C=C\CCCCC. The first-order valence-electron chi connectivity index (χ1n) is 21.7. The van der Waals surface area contributed by atoms with Crippen LogP contribution in [0.5, 0.6) is 0 Å². The van der Waals surface area contributed by atoms with Gasteiger partial charge in [-0.2, -0.15) is 0 Å². The number of quaternary nitrogens is 1. The summed E-state index contributed by atoms with van der Waals surface area (Å²) >= 11 is 0. The van der Waals surface area contributed by atoms with Gasteiger partial charge in [-0.3, -0.25) is 14.2 Å². The van der Waals surface area contributed by atoms with E-state index >= 15 is 0 Å². The summed E-state index contributed by atoms with van der Waals surface area (Å²) in [6.45, 7) is 3.72. The van der Waals surface area contributed by atoms with Gasteiger partial charge in [0.25, 0.3) is 7.82 Å². The lowest BCUT2D eigenvalue weighted by molar-refractivity contribution is -0.870. The van der Waals surface area contributed by atoms with E-state index in [0.29, 0.717) is 17.4 Å². The second-order valence-corrected chi connectivity index (χ2v) is 16.6. The van der Waals surface area contributed by atoms with Crippen molar-refractivity contribution in [2.45, 2.75) is 135 Å². The van der Waals surface area contributed by atoms with Crippen LogP contribution in [0.15, 0.2) is 109 Å². The molecule has 0 saturated carbocycles. The number of ether oxygens (including phenoxy) is 2. The summed E-state index contributed by atoms with van der Waals surface area (Å²) < 4.78 is 33.6. The number of hydrogen-bond donors (Lipinski definition) is 1. The number of carbonyl (C=O) groups excluding carboxylic acids is 2. The number of esters is 2. The van der Waals surface area contributed by atoms with E-state index in [9.17, 15) is 24.2 Å². The van der Waals surface area contributed by atoms with Gasteiger partial charge in [-0.25, -0.2) is 0 Å². The molecule has 3 atom stereocenters. The Morgan fingerprint density at radius 2 is 1.17 bits per heavy atom. The highest BCUT2D eigenvalue weighted by Crippen LogP contribution is 2.38. The van der Waals surface area contributed by atoms with Crippen molar-refractivity contribution in [2.75, 3.05) is 47.5 Å². The average molecular weight is 844 g/mol. The van der Waals surface area contributed by atoms with Crippen LogP contribution in [0.4, 0.5) is 0 Å². The van der Waals surface area contributed by atoms with Crippen molar-refractivity contribution in [3.63, 3.8) is 0 Å². The maximum absolute atomic E-state index is 12.7. The van der Waals surface area contributed by atoms with Crippen LogP contribution in [0.1, 0.15) is 123 Å². The summed E-state index contributed by atoms with van der Waals surface area (Å²) in [5.41, 5.74) is 0. The molecule has 0 rings (SSSR count). The molecule has 0 bridgehead atoms. The fourth-order valence-electron chi connectivity index (χ4n) is 4.94. The Labute approximate surface area is 358 Å². The third-order valence-electron chi connectivity index (χ3n) is 8.39. The number of likely N-dealkylation sites (N-methyl/N-ethyl adjacent to an activating group) is 1. The number of aliphatic hydroxyl groups excluding tert-OH is 1. The second-order valence-electron chi connectivity index (χ2n) is 15.2. The fraction of sp³-hybridized carbons (Fsp3) is 0.583. The molecule has 0 aromatic rings. The van der Waals surface area contributed by atoms with E-state index in [0.717, 1.165) is 64.2 Å². The minimum absolute atomic E-state index is 0.0805. The van der Waals surface area contributed by atoms with E-state index in [2.05, 4.69) is 98.9 Å². The van der Waals surface area contributed by atoms with Crippen molar-refractivity contribution in [3.8, 4) is 0 Å². The number of phosphoric acid groups is 1. The number of nitrogens with zero attached hydrogens (tertiary/aromatic N) is 1. The van der Waals surface area contributed by atoms with E-state index < -0.39 is 45.2 Å². The van der Waals surface area contributed by atoms with E-state index in [-0.39, 0.29) is 25.9 Å². The van der Waals surface area contributed by atoms with Crippen molar-refractivity contribution in [3.05, 3.63) is 109 Å². The Morgan fingerprint density at radius 1 is 0.644 bits per heavy atom. The monoisotopic (exact) mass is 844 g/mol. The Balaban J connectivity index is 4.69. The number of hydrogen-bond acceptors (Lipinski definition) is 9. The van der Waals surface area contributed by atoms with E-state index in [4.69, 9.17) is 18.5 Å². The van der Waals surface area contributed by atoms with E-state index in [1.807, 2.05) is 33.3 Å². The number of phosphoric ester groups is 1. The lowest BCUT2D eigenvalue weighted by Crippen LogP contribution is -2.37. The molecule has 59 heavy (non-hydrogen) atoms. The van der Waals surface area contributed by atoms with Crippen molar-refractivity contribution >= 4 is 19.8 Å². The average Bonchev–Trinajstić information content (AvgIpc) is 3.18. The van der Waals surface area contributed by atoms with Gasteiger partial charge in [0, 0.05) is 12.8 Å². The van der Waals surface area contributed by atoms with E-state index in [1.165, 1.54) is 19.3 Å². The van der Waals surface area contributed by atoms with Crippen molar-refractivity contribution in [1.29, 1.82) is 0 Å². The Bertz CT molecular complexity index is 1380. The van der Waals surface area contributed by atoms with Gasteiger partial charge in [0.1, 0.15) is 19.8 Å². The van der Waals surface area contributed by atoms with Crippen LogP contribution in [0.25, 0.3) is 0 Å². The van der Waals surface area contributed by atoms with Gasteiger partial charge in [-0.05, 0) is 83.5 Å². The highest BCUT2D eigenvalue weighted by Gasteiger charge is 2.22. The molecule has 0 amide bonds. The van der Waals surface area contributed by atoms with E-state index in [1.54, 1.807) is 12.2 Å². The summed E-state index contributed by atoms with van der Waals surface area (Å²) in [5.74, 6) is -1.18. The molecule has 334 valence electrons. The summed E-state index contributed by atoms with van der Waals surface area (Å²) in [6, 6.07) is 0. The molecular weight excluding hydrogens is 765 g/mol. The summed E-state index contributed by atoms with van der Waals surface area (Å²) in [4.78, 5) is 37.5. The predicted molar refractivity (Wildman–Crippen MR) is 241 cm³/mol. The van der Waals surface area contributed by atoms with Crippen LogP contribution in [0, 0.1) is 0 Å². The topological polar surface area (TPSA) is 131 Å². The van der Waals surface area contributed by atoms with Crippen LogP contribution >= 0.6 is 7.82 Å². The molecular formula is C48H78NO9P. The Kier molecular flexibility index (Phi) is 36.6. The first kappa shape index (κ1) is 55.6. The van der Waals surface area contributed by atoms with Gasteiger partial charge >= 0.3 is 11.9 Å². The summed E-state index contributed by atoms with van der Waals surface area (Å²) in [6.07, 6.45) is 48.8. The molecule has 0 heterocycles. The molecule has 0 fully saturated rings. The maximum Gasteiger partial charge on any atom is 0.306 e. The van der Waals surface area contributed by atoms with Crippen LogP contribution in [0.3, 0.4) is 0 Å². The minimum atomic E-state index is -4.70. The maximum atomic E-state index is 12.7. The van der Waals surface area contributed by atoms with Gasteiger partial charge in [-0.15, -0.1) is 0 Å². The highest BCUT2D eigenvalue weighted by atomic mass is 31.2. The standard InChI is InChI=1S/C48H78NO9P/c1-6-8-10-12-14-16-18-20-22-24-25-27-29-31-33-35-37-45(50)39-40-47(51)55-43-46(44-57-59(53,54)56-42-41-49(3,4)5)58-48(52)38-36-34-32-30-28-26-23-21-19-17-15-13-11-9-7-2/h8,10,14-17,20-23,25,27-28,30-31,33,35,37,45-46,50H,6-7,9,11-13,18-19,24,26,29,32,34,36,38-44H2,1-5H3/b10-8-,16-14-,17-15-,22-20-,23-21-,27-25-,30-28-,33-31-,37-35-/t45?,46-/m1/s1. The molecule has 0 aromatic carbocycles. The molecule has 0 spiro atoms. The molecule has 0 saturated heterocycles. The number of rotatable bonds is 37. The van der Waals surface area contributed by atoms with Crippen LogP contribution in [-0.2, 0) is 32.7 Å². The zero-order valence-electron chi connectivity index (χ0n) is 37.0. The van der Waals surface area contributed by atoms with Gasteiger partial charge in [-0.1, -0.05) is 136 Å². The third-order valence-corrected chi connectivity index (χ3v) is 9.36. The molecule has 0 aliphatic heterocycles. The molecule has 2 unspecified atom stereocenters. The summed E-state index contributed by atoms with van der Waals surface area (Å²) in [5, 5.41) is 10.3. The fourth-order valence-corrected chi connectivity index (χ4v) is 5.67. The van der Waals surface area contributed by atoms with Crippen LogP contribution < -0.4 is 4.89 Å². The van der Waals surface area contributed by atoms with Crippen LogP contribution in [0.2, 0.25) is 0 Å². The molecule has 0 aliphatic rings. The number of carbonyl (C=O) groups is 2. The molecule has 0 aliphatic carbocycles. The quantitative estimate of drug-likeness (QED) is 0.0162. The highest BCUT2D eigenvalue weighted by molar-refractivity contribution is 7.45. The predicted octanol–water partition coefficient (Wildman–Crippen LogP) is 10.7. The van der Waals surface area contributed by atoms with Crippen LogP contribution in [-0.4, -0.2) is 81.2 Å². The second kappa shape index (κ2) is 38.8. The molecule has 1 N–H and O–H groups in total. The molecule has 10 nitrogen and oxygen atoms in total. The molecule has 11 heteroatoms. The zero-order chi connectivity index (χ0) is 43.7. The first-order chi connectivity index (χ1) is 28.4. The lowest BCUT2D eigenvalue weighted by atomic mass is 10.1. The Hall–Kier alpha value is -3.37. The first-order valence-corrected chi connectivity index (χ1v) is 23.2. The largest absolute Gasteiger partial charge is 0.756 e. The molecule has 0 aromatic heterocycles. The minimum Gasteiger partial charge on any atom is -0.756 e. The number of aliphatic hydroxyl groups is 1. The molecule has 0 radical (unpaired) electrons. The van der Waals surface area contributed by atoms with Crippen molar-refractivity contribution in [1.82, 2.24) is 0 Å². The van der Waals surface area contributed by atoms with Gasteiger partial charge in [0.15, 0.2) is 6.10 Å². The zero-order valence-corrected chi connectivity index (χ0v) is 37.9. The van der Waals surface area contributed by atoms with Gasteiger partial charge in [0.05, 0.1) is 33.9 Å².